The summed E-state index contributed by atoms with van der Waals surface area (Å²) >= 11 is 7.49. The predicted octanol–water partition coefficient (Wildman–Crippen LogP) is 4.28. The lowest BCUT2D eigenvalue weighted by molar-refractivity contribution is 0.183. The molecular weight excluding hydrogens is 400 g/mol. The highest BCUT2D eigenvalue weighted by atomic mass is 35.5. The number of benzene rings is 1. The van der Waals surface area contributed by atoms with Crippen molar-refractivity contribution >= 4 is 34.3 Å². The minimum absolute atomic E-state index is 0.123. The van der Waals surface area contributed by atoms with Gasteiger partial charge in [0.05, 0.1) is 29.3 Å². The number of rotatable bonds is 9. The monoisotopic (exact) mass is 422 g/mol. The van der Waals surface area contributed by atoms with E-state index in [2.05, 4.69) is 22.0 Å². The van der Waals surface area contributed by atoms with Crippen LogP contribution in [-0.4, -0.2) is 33.4 Å². The molecule has 1 unspecified atom stereocenters. The Balaban J connectivity index is 1.93. The van der Waals surface area contributed by atoms with Crippen molar-refractivity contribution in [2.45, 2.75) is 50.1 Å². The van der Waals surface area contributed by atoms with E-state index in [-0.39, 0.29) is 10.8 Å². The molecule has 0 aliphatic carbocycles. The van der Waals surface area contributed by atoms with Crippen LogP contribution < -0.4 is 5.56 Å². The van der Waals surface area contributed by atoms with E-state index in [1.54, 1.807) is 29.9 Å². The smallest absolute Gasteiger partial charge is 0.262 e. The Bertz CT molecular complexity index is 1000. The molecule has 1 aromatic carbocycles. The van der Waals surface area contributed by atoms with Crippen molar-refractivity contribution in [3.8, 4) is 0 Å². The summed E-state index contributed by atoms with van der Waals surface area (Å²) in [4.78, 5) is 22.1. The number of methoxy groups -OCH3 is 1. The molecule has 0 bridgehead atoms. The van der Waals surface area contributed by atoms with Crippen LogP contribution in [0.3, 0.4) is 0 Å². The van der Waals surface area contributed by atoms with Gasteiger partial charge < -0.3 is 9.26 Å². The van der Waals surface area contributed by atoms with Crippen LogP contribution in [0.5, 0.6) is 0 Å². The molecule has 0 radical (unpaired) electrons. The molecule has 3 rings (SSSR count). The SMILES string of the molecule is CCCCc1noc(C(C)Sc2nc3cc(Cl)ccc3c(=O)n2CCOC)n1. The molecule has 1 atom stereocenters. The summed E-state index contributed by atoms with van der Waals surface area (Å²) in [5.74, 6) is 1.23. The van der Waals surface area contributed by atoms with Crippen LogP contribution in [0.2, 0.25) is 5.02 Å². The molecule has 3 aromatic rings. The third-order valence-electron chi connectivity index (χ3n) is 4.27. The first-order valence-corrected chi connectivity index (χ1v) is 10.5. The lowest BCUT2D eigenvalue weighted by Gasteiger charge is -2.14. The average molecular weight is 423 g/mol. The van der Waals surface area contributed by atoms with Crippen molar-refractivity contribution in [2.24, 2.45) is 0 Å². The third kappa shape index (κ3) is 4.74. The minimum atomic E-state index is -0.153. The second-order valence-corrected chi connectivity index (χ2v) is 8.16. The van der Waals surface area contributed by atoms with Gasteiger partial charge >= 0.3 is 0 Å². The van der Waals surface area contributed by atoms with Crippen molar-refractivity contribution in [3.63, 3.8) is 0 Å². The van der Waals surface area contributed by atoms with E-state index in [4.69, 9.17) is 20.9 Å². The number of hydrogen-bond donors (Lipinski definition) is 0. The molecule has 0 aliphatic rings. The van der Waals surface area contributed by atoms with Crippen LogP contribution >= 0.6 is 23.4 Å². The lowest BCUT2D eigenvalue weighted by Crippen LogP contribution is -2.25. The molecular formula is C19H23ClN4O3S. The Morgan fingerprint density at radius 1 is 1.36 bits per heavy atom. The van der Waals surface area contributed by atoms with Gasteiger partial charge in [-0.05, 0) is 31.5 Å². The van der Waals surface area contributed by atoms with Gasteiger partial charge in [-0.1, -0.05) is 41.9 Å². The van der Waals surface area contributed by atoms with Gasteiger partial charge in [-0.2, -0.15) is 4.98 Å². The third-order valence-corrected chi connectivity index (χ3v) is 5.58. The summed E-state index contributed by atoms with van der Waals surface area (Å²) in [6.45, 7) is 4.89. The van der Waals surface area contributed by atoms with Gasteiger partial charge in [0.1, 0.15) is 0 Å². The zero-order valence-corrected chi connectivity index (χ0v) is 17.7. The Morgan fingerprint density at radius 2 is 2.18 bits per heavy atom. The largest absolute Gasteiger partial charge is 0.383 e. The summed E-state index contributed by atoms with van der Waals surface area (Å²) in [6, 6.07) is 5.09. The van der Waals surface area contributed by atoms with Crippen LogP contribution in [0.25, 0.3) is 10.9 Å². The molecule has 9 heteroatoms. The number of fused-ring (bicyclic) bond motifs is 1. The van der Waals surface area contributed by atoms with Gasteiger partial charge in [-0.3, -0.25) is 9.36 Å². The van der Waals surface area contributed by atoms with E-state index >= 15 is 0 Å². The molecule has 0 spiro atoms. The van der Waals surface area contributed by atoms with E-state index in [9.17, 15) is 4.79 Å². The molecule has 28 heavy (non-hydrogen) atoms. The van der Waals surface area contributed by atoms with Gasteiger partial charge in [-0.15, -0.1) is 0 Å². The normalized spacial score (nSPS) is 12.6. The average Bonchev–Trinajstić information content (AvgIpc) is 3.15. The standard InChI is InChI=1S/C19H23ClN4O3S/c1-4-5-6-16-22-17(27-23-16)12(2)28-19-21-15-11-13(20)7-8-14(15)18(25)24(19)9-10-26-3/h7-8,11-12H,4-6,9-10H2,1-3H3. The molecule has 0 amide bonds. The first kappa shape index (κ1) is 20.8. The van der Waals surface area contributed by atoms with Crippen LogP contribution in [0.4, 0.5) is 0 Å². The molecule has 0 aliphatic heterocycles. The Morgan fingerprint density at radius 3 is 2.93 bits per heavy atom. The Hall–Kier alpha value is -1.90. The van der Waals surface area contributed by atoms with Crippen molar-refractivity contribution in [3.05, 3.63) is 45.3 Å². The molecule has 0 saturated carbocycles. The van der Waals surface area contributed by atoms with E-state index in [0.29, 0.717) is 45.9 Å². The molecule has 0 fully saturated rings. The van der Waals surface area contributed by atoms with Gasteiger partial charge in [0.2, 0.25) is 5.89 Å². The maximum Gasteiger partial charge on any atom is 0.262 e. The summed E-state index contributed by atoms with van der Waals surface area (Å²) in [5, 5.41) is 5.52. The highest BCUT2D eigenvalue weighted by molar-refractivity contribution is 7.99. The van der Waals surface area contributed by atoms with E-state index in [1.165, 1.54) is 11.8 Å². The van der Waals surface area contributed by atoms with Gasteiger partial charge in [-0.25, -0.2) is 4.98 Å². The quantitative estimate of drug-likeness (QED) is 0.376. The van der Waals surface area contributed by atoms with E-state index < -0.39 is 0 Å². The molecule has 7 nitrogen and oxygen atoms in total. The maximum atomic E-state index is 13.0. The van der Waals surface area contributed by atoms with Crippen LogP contribution in [-0.2, 0) is 17.7 Å². The fraction of sp³-hybridized carbons (Fsp3) is 0.474. The molecule has 150 valence electrons. The second kappa shape index (κ2) is 9.54. The maximum absolute atomic E-state index is 13.0. The highest BCUT2D eigenvalue weighted by Crippen LogP contribution is 2.33. The van der Waals surface area contributed by atoms with Crippen molar-refractivity contribution in [1.29, 1.82) is 0 Å². The van der Waals surface area contributed by atoms with Gasteiger partial charge in [0.15, 0.2) is 11.0 Å². The Kier molecular flexibility index (Phi) is 7.09. The number of aryl methyl sites for hydroxylation is 1. The summed E-state index contributed by atoms with van der Waals surface area (Å²) in [6.07, 6.45) is 2.89. The van der Waals surface area contributed by atoms with E-state index in [0.717, 1.165) is 19.3 Å². The first-order chi connectivity index (χ1) is 13.5. The van der Waals surface area contributed by atoms with Crippen LogP contribution in [0, 0.1) is 0 Å². The topological polar surface area (TPSA) is 83.0 Å². The second-order valence-electron chi connectivity index (χ2n) is 6.42. The summed E-state index contributed by atoms with van der Waals surface area (Å²) < 4.78 is 12.2. The predicted molar refractivity (Wildman–Crippen MR) is 110 cm³/mol. The highest BCUT2D eigenvalue weighted by Gasteiger charge is 2.20. The number of halogens is 1. The number of thioether (sulfide) groups is 1. The van der Waals surface area contributed by atoms with Crippen LogP contribution in [0.1, 0.15) is 43.7 Å². The number of hydrogen-bond acceptors (Lipinski definition) is 7. The fourth-order valence-corrected chi connectivity index (χ4v) is 3.85. The minimum Gasteiger partial charge on any atom is -0.383 e. The molecule has 2 aromatic heterocycles. The zero-order valence-electron chi connectivity index (χ0n) is 16.1. The van der Waals surface area contributed by atoms with Gasteiger partial charge in [0.25, 0.3) is 5.56 Å². The number of ether oxygens (including phenoxy) is 1. The molecule has 0 N–H and O–H groups in total. The van der Waals surface area contributed by atoms with Crippen LogP contribution in [0.15, 0.2) is 32.7 Å². The van der Waals surface area contributed by atoms with Gasteiger partial charge in [0, 0.05) is 18.6 Å². The Labute approximate surface area is 172 Å². The lowest BCUT2D eigenvalue weighted by atomic mass is 10.2. The van der Waals surface area contributed by atoms with Crippen molar-refractivity contribution in [1.82, 2.24) is 19.7 Å². The van der Waals surface area contributed by atoms with Crippen molar-refractivity contribution in [2.75, 3.05) is 13.7 Å². The zero-order chi connectivity index (χ0) is 20.1. The summed E-state index contributed by atoms with van der Waals surface area (Å²) in [7, 11) is 1.60. The molecule has 2 heterocycles. The fourth-order valence-electron chi connectivity index (χ4n) is 2.72. The first-order valence-electron chi connectivity index (χ1n) is 9.21. The number of unbranched alkanes of at least 4 members (excludes halogenated alkanes) is 1. The number of aromatic nitrogens is 4. The van der Waals surface area contributed by atoms with E-state index in [1.807, 2.05) is 6.92 Å². The summed E-state index contributed by atoms with van der Waals surface area (Å²) in [5.41, 5.74) is 0.442. The van der Waals surface area contributed by atoms with Crippen molar-refractivity contribution < 1.29 is 9.26 Å². The number of nitrogens with zero attached hydrogens (tertiary/aromatic N) is 4. The molecule has 0 saturated heterocycles.